The molecule has 3 rings (SSSR count). The Morgan fingerprint density at radius 2 is 2.07 bits per heavy atom. The number of aryl methyl sites for hydroxylation is 1. The summed E-state index contributed by atoms with van der Waals surface area (Å²) in [6.45, 7) is 0. The van der Waals surface area contributed by atoms with Crippen LogP contribution in [0.3, 0.4) is 0 Å². The summed E-state index contributed by atoms with van der Waals surface area (Å²) in [5, 5.41) is 42.8. The largest absolute Gasteiger partial charge is 0.501 e. The number of amides is 1. The quantitative estimate of drug-likeness (QED) is 0.203. The van der Waals surface area contributed by atoms with Crippen molar-refractivity contribution in [3.63, 3.8) is 0 Å². The number of phenols is 1. The fourth-order valence-electron chi connectivity index (χ4n) is 3.09. The van der Waals surface area contributed by atoms with Gasteiger partial charge in [-0.05, 0) is 71.5 Å². The van der Waals surface area contributed by atoms with E-state index in [4.69, 9.17) is 0 Å². The van der Waals surface area contributed by atoms with E-state index in [0.29, 0.717) is 10.6 Å². The van der Waals surface area contributed by atoms with Crippen LogP contribution in [0.15, 0.2) is 17.7 Å². The van der Waals surface area contributed by atoms with Gasteiger partial charge in [-0.25, -0.2) is 0 Å². The number of nitrogens with zero attached hydrogens (tertiary/aromatic N) is 3. The Hall–Kier alpha value is -2.96. The van der Waals surface area contributed by atoms with E-state index in [1.165, 1.54) is 23.5 Å². The van der Waals surface area contributed by atoms with E-state index in [0.717, 1.165) is 42.2 Å². The Morgan fingerprint density at radius 3 is 2.72 bits per heavy atom. The van der Waals surface area contributed by atoms with Crippen LogP contribution >= 0.6 is 33.9 Å². The number of halogens is 1. The van der Waals surface area contributed by atoms with Crippen molar-refractivity contribution in [3.8, 4) is 17.9 Å². The van der Waals surface area contributed by atoms with Gasteiger partial charge in [-0.2, -0.15) is 10.5 Å². The van der Waals surface area contributed by atoms with E-state index in [1.807, 2.05) is 0 Å². The van der Waals surface area contributed by atoms with Crippen molar-refractivity contribution in [1.29, 1.82) is 10.5 Å². The molecule has 1 amide bonds. The highest BCUT2D eigenvalue weighted by Gasteiger charge is 2.23. The average Bonchev–Trinajstić information content (AvgIpc) is 3.04. The molecule has 1 aromatic carbocycles. The molecule has 0 saturated carbocycles. The number of aromatic hydroxyl groups is 1. The SMILES string of the molecule is N#C/C(=C\c1cc(I)c(O)c([N+](=O)[O-])c1)C(=O)Nc1sc2c(c1C#N)CCCC2. The molecule has 0 atom stereocenters. The van der Waals surface area contributed by atoms with Crippen molar-refractivity contribution in [2.75, 3.05) is 5.32 Å². The minimum atomic E-state index is -0.740. The van der Waals surface area contributed by atoms with Crippen molar-refractivity contribution in [2.45, 2.75) is 25.7 Å². The Labute approximate surface area is 183 Å². The number of nitrogens with one attached hydrogen (secondary N) is 1. The molecule has 0 bridgehead atoms. The molecule has 2 aromatic rings. The Morgan fingerprint density at radius 1 is 1.34 bits per heavy atom. The van der Waals surface area contributed by atoms with Crippen LogP contribution < -0.4 is 5.32 Å². The summed E-state index contributed by atoms with van der Waals surface area (Å²) in [6, 6.07) is 6.45. The predicted molar refractivity (Wildman–Crippen MR) is 115 cm³/mol. The van der Waals surface area contributed by atoms with E-state index in [2.05, 4.69) is 11.4 Å². The first-order valence-electron chi connectivity index (χ1n) is 8.50. The highest BCUT2D eigenvalue weighted by atomic mass is 127. The monoisotopic (exact) mass is 520 g/mol. The van der Waals surface area contributed by atoms with Gasteiger partial charge >= 0.3 is 5.69 Å². The fourth-order valence-corrected chi connectivity index (χ4v) is 4.96. The fraction of sp³-hybridized carbons (Fsp3) is 0.211. The van der Waals surface area contributed by atoms with Crippen molar-refractivity contribution < 1.29 is 14.8 Å². The van der Waals surface area contributed by atoms with Crippen LogP contribution in [0.5, 0.6) is 5.75 Å². The minimum absolute atomic E-state index is 0.221. The van der Waals surface area contributed by atoms with Gasteiger partial charge in [-0.3, -0.25) is 14.9 Å². The standard InChI is InChI=1S/C19H13IN4O4S/c20-14-6-10(7-15(17(14)25)24(27)28)5-11(8-21)18(26)23-19-13(9-22)12-3-1-2-4-16(12)29-19/h5-7,25H,1-4H2,(H,23,26)/b11-5+. The summed E-state index contributed by atoms with van der Waals surface area (Å²) in [7, 11) is 0. The summed E-state index contributed by atoms with van der Waals surface area (Å²) in [5.41, 5.74) is 0.849. The van der Waals surface area contributed by atoms with Crippen LogP contribution in [-0.4, -0.2) is 15.9 Å². The van der Waals surface area contributed by atoms with Crippen molar-refractivity contribution in [1.82, 2.24) is 0 Å². The van der Waals surface area contributed by atoms with Crippen molar-refractivity contribution in [3.05, 3.63) is 53.0 Å². The van der Waals surface area contributed by atoms with Gasteiger partial charge in [0, 0.05) is 10.9 Å². The molecule has 29 heavy (non-hydrogen) atoms. The molecule has 1 aliphatic rings. The van der Waals surface area contributed by atoms with Crippen molar-refractivity contribution in [2.24, 2.45) is 0 Å². The van der Waals surface area contributed by atoms with Crippen LogP contribution in [0.25, 0.3) is 6.08 Å². The second-order valence-electron chi connectivity index (χ2n) is 6.28. The molecule has 0 saturated heterocycles. The molecule has 0 unspecified atom stereocenters. The second kappa shape index (κ2) is 8.59. The molecule has 1 aromatic heterocycles. The molecule has 1 heterocycles. The number of carbonyl (C=O) groups is 1. The maximum absolute atomic E-state index is 12.6. The lowest BCUT2D eigenvalue weighted by molar-refractivity contribution is -0.386. The predicted octanol–water partition coefficient (Wildman–Crippen LogP) is 4.26. The number of nitro benzene ring substituents is 1. The van der Waals surface area contributed by atoms with Crippen LogP contribution in [0.1, 0.15) is 34.4 Å². The molecule has 0 aliphatic heterocycles. The number of fused-ring (bicyclic) bond motifs is 1. The third kappa shape index (κ3) is 4.23. The zero-order valence-electron chi connectivity index (χ0n) is 14.9. The van der Waals surface area contributed by atoms with Gasteiger partial charge in [0.2, 0.25) is 5.75 Å². The molecule has 10 heteroatoms. The second-order valence-corrected chi connectivity index (χ2v) is 8.55. The Kier molecular flexibility index (Phi) is 6.15. The van der Waals surface area contributed by atoms with Gasteiger partial charge in [0.15, 0.2) is 0 Å². The van der Waals surface area contributed by atoms with Crippen molar-refractivity contribution >= 4 is 56.6 Å². The first kappa shape index (κ1) is 20.8. The average molecular weight is 520 g/mol. The number of nitro groups is 1. The number of anilines is 1. The van der Waals surface area contributed by atoms with Gasteiger partial charge in [0.05, 0.1) is 14.1 Å². The lowest BCUT2D eigenvalue weighted by Crippen LogP contribution is -2.13. The molecule has 0 spiro atoms. The number of hydrogen-bond donors (Lipinski definition) is 2. The summed E-state index contributed by atoms with van der Waals surface area (Å²) in [6.07, 6.45) is 4.90. The zero-order valence-corrected chi connectivity index (χ0v) is 17.8. The van der Waals surface area contributed by atoms with Crippen LogP contribution in [0, 0.1) is 36.3 Å². The van der Waals surface area contributed by atoms with Gasteiger partial charge in [-0.15, -0.1) is 11.3 Å². The lowest BCUT2D eigenvalue weighted by Gasteiger charge is -2.09. The molecule has 1 aliphatic carbocycles. The summed E-state index contributed by atoms with van der Waals surface area (Å²) in [4.78, 5) is 24.0. The van der Waals surface area contributed by atoms with E-state index >= 15 is 0 Å². The summed E-state index contributed by atoms with van der Waals surface area (Å²) >= 11 is 3.08. The zero-order chi connectivity index (χ0) is 21.1. The molecular formula is C19H13IN4O4S. The molecular weight excluding hydrogens is 507 g/mol. The summed E-state index contributed by atoms with van der Waals surface area (Å²) in [5.74, 6) is -1.17. The van der Waals surface area contributed by atoms with Gasteiger partial charge in [-0.1, -0.05) is 0 Å². The van der Waals surface area contributed by atoms with E-state index in [9.17, 15) is 30.5 Å². The highest BCUT2D eigenvalue weighted by molar-refractivity contribution is 14.1. The number of thiophene rings is 1. The third-order valence-electron chi connectivity index (χ3n) is 4.45. The molecule has 146 valence electrons. The number of rotatable bonds is 4. The molecule has 8 nitrogen and oxygen atoms in total. The smallest absolute Gasteiger partial charge is 0.312 e. The highest BCUT2D eigenvalue weighted by Crippen LogP contribution is 2.38. The first-order valence-corrected chi connectivity index (χ1v) is 10.4. The normalized spacial score (nSPS) is 13.1. The Bertz CT molecular complexity index is 1140. The first-order chi connectivity index (χ1) is 13.8. The van der Waals surface area contributed by atoms with Gasteiger partial charge in [0.25, 0.3) is 5.91 Å². The maximum Gasteiger partial charge on any atom is 0.312 e. The number of hydrogen-bond acceptors (Lipinski definition) is 7. The maximum atomic E-state index is 12.6. The van der Waals surface area contributed by atoms with E-state index in [-0.39, 0.29) is 14.7 Å². The number of phenolic OH excluding ortho intramolecular Hbond substituents is 1. The Balaban J connectivity index is 1.93. The van der Waals surface area contributed by atoms with Crippen LogP contribution in [0.4, 0.5) is 10.7 Å². The minimum Gasteiger partial charge on any atom is -0.501 e. The van der Waals surface area contributed by atoms with Crippen LogP contribution in [0.2, 0.25) is 0 Å². The molecule has 0 fully saturated rings. The van der Waals surface area contributed by atoms with Gasteiger partial charge in [0.1, 0.15) is 22.7 Å². The molecule has 0 radical (unpaired) electrons. The summed E-state index contributed by atoms with van der Waals surface area (Å²) < 4.78 is 0.221. The topological polar surface area (TPSA) is 140 Å². The van der Waals surface area contributed by atoms with Crippen LogP contribution in [-0.2, 0) is 17.6 Å². The number of benzene rings is 1. The van der Waals surface area contributed by atoms with E-state index in [1.54, 1.807) is 28.7 Å². The number of nitriles is 2. The molecule has 2 N–H and O–H groups in total. The van der Waals surface area contributed by atoms with Gasteiger partial charge < -0.3 is 10.4 Å². The third-order valence-corrected chi connectivity index (χ3v) is 6.48. The number of carbonyl (C=O) groups excluding carboxylic acids is 1. The van der Waals surface area contributed by atoms with E-state index < -0.39 is 22.3 Å². The lowest BCUT2D eigenvalue weighted by atomic mass is 9.96.